The fourth-order valence-corrected chi connectivity index (χ4v) is 1.62. The third kappa shape index (κ3) is 2.05. The standard InChI is InChI=1S/C9H10N4S/c1-13(9-10-11-12-14-9)7-8-5-3-2-4-6-8/h2-6H,7H2,1H3. The van der Waals surface area contributed by atoms with Crippen molar-refractivity contribution in [3.05, 3.63) is 35.9 Å². The maximum Gasteiger partial charge on any atom is 0.227 e. The summed E-state index contributed by atoms with van der Waals surface area (Å²) in [5, 5.41) is 8.30. The molecule has 0 saturated heterocycles. The van der Waals surface area contributed by atoms with E-state index in [1.165, 1.54) is 17.1 Å². The summed E-state index contributed by atoms with van der Waals surface area (Å²) >= 11 is 1.30. The monoisotopic (exact) mass is 206 g/mol. The summed E-state index contributed by atoms with van der Waals surface area (Å²) in [6.07, 6.45) is 0. The van der Waals surface area contributed by atoms with E-state index in [2.05, 4.69) is 26.9 Å². The zero-order valence-electron chi connectivity index (χ0n) is 7.79. The normalized spacial score (nSPS) is 10.1. The molecule has 0 aliphatic rings. The first-order chi connectivity index (χ1) is 6.86. The molecule has 0 amide bonds. The molecule has 0 bridgehead atoms. The summed E-state index contributed by atoms with van der Waals surface area (Å²) in [5.41, 5.74) is 1.25. The molecule has 0 saturated carbocycles. The van der Waals surface area contributed by atoms with Gasteiger partial charge >= 0.3 is 0 Å². The molecule has 4 nitrogen and oxygen atoms in total. The van der Waals surface area contributed by atoms with E-state index in [-0.39, 0.29) is 0 Å². The fraction of sp³-hybridized carbons (Fsp3) is 0.222. The molecule has 1 aromatic carbocycles. The average molecular weight is 206 g/mol. The highest BCUT2D eigenvalue weighted by Crippen LogP contribution is 2.14. The Hall–Kier alpha value is -1.49. The molecule has 0 N–H and O–H groups in total. The van der Waals surface area contributed by atoms with Gasteiger partial charge in [0.2, 0.25) is 5.13 Å². The molecule has 0 aliphatic heterocycles. The summed E-state index contributed by atoms with van der Waals surface area (Å²) < 4.78 is 3.72. The van der Waals surface area contributed by atoms with Gasteiger partial charge in [-0.25, -0.2) is 0 Å². The summed E-state index contributed by atoms with van der Waals surface area (Å²) in [5.74, 6) is 0. The van der Waals surface area contributed by atoms with Crippen molar-refractivity contribution >= 4 is 16.7 Å². The largest absolute Gasteiger partial charge is 0.344 e. The third-order valence-corrected chi connectivity index (χ3v) is 2.59. The summed E-state index contributed by atoms with van der Waals surface area (Å²) in [7, 11) is 1.98. The van der Waals surface area contributed by atoms with Crippen molar-refractivity contribution in [1.82, 2.24) is 14.8 Å². The van der Waals surface area contributed by atoms with E-state index < -0.39 is 0 Å². The Labute approximate surface area is 86.4 Å². The van der Waals surface area contributed by atoms with E-state index in [1.54, 1.807) is 0 Å². The lowest BCUT2D eigenvalue weighted by atomic mass is 10.2. The fourth-order valence-electron chi connectivity index (χ4n) is 1.20. The summed E-state index contributed by atoms with van der Waals surface area (Å²) in [6.45, 7) is 0.831. The van der Waals surface area contributed by atoms with Crippen molar-refractivity contribution in [1.29, 1.82) is 0 Å². The lowest BCUT2D eigenvalue weighted by Crippen LogP contribution is -2.15. The molecule has 0 atom stereocenters. The highest BCUT2D eigenvalue weighted by Gasteiger charge is 2.05. The van der Waals surface area contributed by atoms with Crippen LogP contribution in [0.2, 0.25) is 0 Å². The molecule has 2 rings (SSSR count). The van der Waals surface area contributed by atoms with E-state index in [4.69, 9.17) is 0 Å². The first-order valence-corrected chi connectivity index (χ1v) is 5.03. The van der Waals surface area contributed by atoms with Gasteiger partial charge in [-0.05, 0) is 10.8 Å². The molecule has 0 unspecified atom stereocenters. The van der Waals surface area contributed by atoms with Gasteiger partial charge in [0.05, 0.1) is 0 Å². The van der Waals surface area contributed by atoms with Crippen LogP contribution in [-0.2, 0) is 6.54 Å². The number of aromatic nitrogens is 3. The van der Waals surface area contributed by atoms with Crippen molar-refractivity contribution in [3.63, 3.8) is 0 Å². The summed E-state index contributed by atoms with van der Waals surface area (Å²) in [4.78, 5) is 2.03. The van der Waals surface area contributed by atoms with Crippen LogP contribution >= 0.6 is 11.5 Å². The first-order valence-electron chi connectivity index (χ1n) is 4.26. The number of hydrogen-bond acceptors (Lipinski definition) is 5. The zero-order valence-corrected chi connectivity index (χ0v) is 8.61. The molecule has 72 valence electrons. The predicted octanol–water partition coefficient (Wildman–Crippen LogP) is 1.57. The SMILES string of the molecule is CN(Cc1ccccc1)c1nnns1. The number of hydrogen-bond donors (Lipinski definition) is 0. The van der Waals surface area contributed by atoms with Gasteiger partial charge in [-0.3, -0.25) is 0 Å². The van der Waals surface area contributed by atoms with Gasteiger partial charge in [0, 0.05) is 25.1 Å². The Morgan fingerprint density at radius 2 is 2.07 bits per heavy atom. The van der Waals surface area contributed by atoms with Gasteiger partial charge in [-0.2, -0.15) is 0 Å². The van der Waals surface area contributed by atoms with E-state index in [9.17, 15) is 0 Å². The highest BCUT2D eigenvalue weighted by atomic mass is 32.1. The molecule has 14 heavy (non-hydrogen) atoms. The number of rotatable bonds is 3. The van der Waals surface area contributed by atoms with Gasteiger partial charge in [-0.15, -0.1) is 0 Å². The number of benzene rings is 1. The highest BCUT2D eigenvalue weighted by molar-refractivity contribution is 7.09. The van der Waals surface area contributed by atoms with Crippen LogP contribution in [0.4, 0.5) is 5.13 Å². The van der Waals surface area contributed by atoms with E-state index in [0.29, 0.717) is 0 Å². The Bertz CT molecular complexity index is 373. The second kappa shape index (κ2) is 4.15. The van der Waals surface area contributed by atoms with Crippen molar-refractivity contribution in [2.24, 2.45) is 0 Å². The molecule has 0 radical (unpaired) electrons. The molecule has 5 heteroatoms. The Balaban J connectivity index is 2.06. The van der Waals surface area contributed by atoms with Crippen molar-refractivity contribution in [3.8, 4) is 0 Å². The van der Waals surface area contributed by atoms with Crippen LogP contribution in [0.15, 0.2) is 30.3 Å². The predicted molar refractivity (Wildman–Crippen MR) is 56.3 cm³/mol. The molecule has 1 heterocycles. The maximum absolute atomic E-state index is 3.90. The zero-order chi connectivity index (χ0) is 9.80. The van der Waals surface area contributed by atoms with Crippen molar-refractivity contribution in [2.75, 3.05) is 11.9 Å². The van der Waals surface area contributed by atoms with Gasteiger partial charge in [0.25, 0.3) is 0 Å². The molecule has 0 spiro atoms. The van der Waals surface area contributed by atoms with Crippen molar-refractivity contribution < 1.29 is 0 Å². The third-order valence-electron chi connectivity index (χ3n) is 1.88. The molecular formula is C9H10N4S. The van der Waals surface area contributed by atoms with Crippen LogP contribution < -0.4 is 4.90 Å². The van der Waals surface area contributed by atoms with Crippen LogP contribution in [0, 0.1) is 0 Å². The van der Waals surface area contributed by atoms with Gasteiger partial charge in [0.15, 0.2) is 0 Å². The summed E-state index contributed by atoms with van der Waals surface area (Å²) in [6, 6.07) is 10.2. The van der Waals surface area contributed by atoms with Crippen molar-refractivity contribution in [2.45, 2.75) is 6.54 Å². The first kappa shape index (κ1) is 9.08. The Morgan fingerprint density at radius 3 is 2.71 bits per heavy atom. The molecule has 2 aromatic rings. The van der Waals surface area contributed by atoms with E-state index in [0.717, 1.165) is 11.7 Å². The lowest BCUT2D eigenvalue weighted by molar-refractivity contribution is 0.874. The van der Waals surface area contributed by atoms with Crippen LogP contribution in [0.3, 0.4) is 0 Å². The second-order valence-corrected chi connectivity index (χ2v) is 3.70. The van der Waals surface area contributed by atoms with Crippen LogP contribution in [0.5, 0.6) is 0 Å². The number of nitrogens with zero attached hydrogens (tertiary/aromatic N) is 4. The van der Waals surface area contributed by atoms with Gasteiger partial charge < -0.3 is 4.90 Å². The van der Waals surface area contributed by atoms with Crippen LogP contribution in [-0.4, -0.2) is 21.8 Å². The smallest absolute Gasteiger partial charge is 0.227 e. The molecular weight excluding hydrogens is 196 g/mol. The minimum absolute atomic E-state index is 0.831. The van der Waals surface area contributed by atoms with Gasteiger partial charge in [0.1, 0.15) is 0 Å². The lowest BCUT2D eigenvalue weighted by Gasteiger charge is -2.13. The number of anilines is 1. The molecule has 0 fully saturated rings. The Kier molecular flexibility index (Phi) is 2.69. The topological polar surface area (TPSA) is 41.9 Å². The quantitative estimate of drug-likeness (QED) is 0.764. The second-order valence-electron chi connectivity index (χ2n) is 2.99. The average Bonchev–Trinajstić information content (AvgIpc) is 2.72. The maximum atomic E-state index is 3.90. The van der Waals surface area contributed by atoms with E-state index >= 15 is 0 Å². The minimum Gasteiger partial charge on any atom is -0.344 e. The Morgan fingerprint density at radius 1 is 1.29 bits per heavy atom. The molecule has 0 aliphatic carbocycles. The van der Waals surface area contributed by atoms with Crippen LogP contribution in [0.25, 0.3) is 0 Å². The minimum atomic E-state index is 0.831. The van der Waals surface area contributed by atoms with Crippen LogP contribution in [0.1, 0.15) is 5.56 Å². The van der Waals surface area contributed by atoms with E-state index in [1.807, 2.05) is 30.1 Å². The molecule has 1 aromatic heterocycles. The van der Waals surface area contributed by atoms with Gasteiger partial charge in [-0.1, -0.05) is 39.9 Å².